The van der Waals surface area contributed by atoms with Crippen LogP contribution in [0.1, 0.15) is 11.1 Å². The first-order valence-corrected chi connectivity index (χ1v) is 8.21. The van der Waals surface area contributed by atoms with Crippen LogP contribution in [-0.4, -0.2) is 51.4 Å². The van der Waals surface area contributed by atoms with Gasteiger partial charge in [-0.2, -0.15) is 17.9 Å². The Balaban J connectivity index is 1.83. The van der Waals surface area contributed by atoms with Crippen molar-refractivity contribution in [2.45, 2.75) is 25.2 Å². The Morgan fingerprint density at radius 3 is 2.76 bits per heavy atom. The maximum Gasteiger partial charge on any atom is 0.422 e. The van der Waals surface area contributed by atoms with E-state index in [9.17, 15) is 18.0 Å². The minimum Gasteiger partial charge on any atom is -0.440 e. The Morgan fingerprint density at radius 2 is 2.08 bits per heavy atom. The van der Waals surface area contributed by atoms with Crippen molar-refractivity contribution < 1.29 is 22.7 Å². The fourth-order valence-electron chi connectivity index (χ4n) is 1.78. The predicted molar refractivity (Wildman–Crippen MR) is 84.8 cm³/mol. The molecule has 1 aromatic heterocycles. The number of carbonyl (C=O) groups is 1. The SMILES string of the molecule is Cc1ccc(-n2nnnc2SCCNC(=O)OCC(F)(F)F)cc1C. The van der Waals surface area contributed by atoms with Gasteiger partial charge in [0, 0.05) is 12.3 Å². The summed E-state index contributed by atoms with van der Waals surface area (Å²) in [6.07, 6.45) is -5.66. The average molecular weight is 375 g/mol. The van der Waals surface area contributed by atoms with E-state index in [1.165, 1.54) is 11.8 Å². The van der Waals surface area contributed by atoms with Crippen LogP contribution in [0.3, 0.4) is 0 Å². The number of tetrazole rings is 1. The molecule has 0 aliphatic carbocycles. The van der Waals surface area contributed by atoms with E-state index in [4.69, 9.17) is 0 Å². The van der Waals surface area contributed by atoms with Crippen molar-refractivity contribution in [3.63, 3.8) is 0 Å². The molecule has 136 valence electrons. The van der Waals surface area contributed by atoms with Crippen molar-refractivity contribution in [3.05, 3.63) is 29.3 Å². The van der Waals surface area contributed by atoms with Gasteiger partial charge in [0.2, 0.25) is 5.16 Å². The fourth-order valence-corrected chi connectivity index (χ4v) is 2.53. The number of nitrogens with one attached hydrogen (secondary N) is 1. The number of benzene rings is 1. The summed E-state index contributed by atoms with van der Waals surface area (Å²) < 4.78 is 41.3. The van der Waals surface area contributed by atoms with Gasteiger partial charge in [0.05, 0.1) is 5.69 Å². The number of aryl methyl sites for hydroxylation is 2. The highest BCUT2D eigenvalue weighted by molar-refractivity contribution is 7.99. The molecular formula is C14H16F3N5O2S. The molecule has 11 heteroatoms. The van der Waals surface area contributed by atoms with Crippen molar-refractivity contribution in [1.82, 2.24) is 25.5 Å². The maximum absolute atomic E-state index is 11.9. The highest BCUT2D eigenvalue weighted by Crippen LogP contribution is 2.19. The lowest BCUT2D eigenvalue weighted by molar-refractivity contribution is -0.160. The molecule has 0 bridgehead atoms. The molecule has 7 nitrogen and oxygen atoms in total. The number of nitrogens with zero attached hydrogens (tertiary/aromatic N) is 4. The van der Waals surface area contributed by atoms with Crippen molar-refractivity contribution in [2.75, 3.05) is 18.9 Å². The lowest BCUT2D eigenvalue weighted by atomic mass is 10.1. The van der Waals surface area contributed by atoms with E-state index >= 15 is 0 Å². The molecule has 0 saturated carbocycles. The van der Waals surface area contributed by atoms with Crippen molar-refractivity contribution in [2.24, 2.45) is 0 Å². The van der Waals surface area contributed by atoms with Crippen LogP contribution in [0.5, 0.6) is 0 Å². The quantitative estimate of drug-likeness (QED) is 0.618. The third-order valence-corrected chi connectivity index (χ3v) is 4.07. The van der Waals surface area contributed by atoms with Crippen LogP contribution in [0.2, 0.25) is 0 Å². The minimum atomic E-state index is -4.54. The van der Waals surface area contributed by atoms with E-state index in [0.29, 0.717) is 10.9 Å². The van der Waals surface area contributed by atoms with Gasteiger partial charge in [-0.1, -0.05) is 17.8 Å². The van der Waals surface area contributed by atoms with Gasteiger partial charge in [-0.25, -0.2) is 4.79 Å². The highest BCUT2D eigenvalue weighted by Gasteiger charge is 2.29. The molecule has 0 fully saturated rings. The Kier molecular flexibility index (Phi) is 6.23. The molecule has 1 aromatic carbocycles. The number of ether oxygens (including phenoxy) is 1. The van der Waals surface area contributed by atoms with Crippen LogP contribution in [0.4, 0.5) is 18.0 Å². The fraction of sp³-hybridized carbons (Fsp3) is 0.429. The third kappa shape index (κ3) is 5.93. The molecule has 0 radical (unpaired) electrons. The zero-order valence-electron chi connectivity index (χ0n) is 13.5. The Morgan fingerprint density at radius 1 is 1.32 bits per heavy atom. The standard InChI is InChI=1S/C14H16F3N5O2S/c1-9-3-4-11(7-10(9)2)22-12(19-20-21-22)25-6-5-18-13(23)24-8-14(15,16)17/h3-4,7H,5-6,8H2,1-2H3,(H,18,23). The second-order valence-corrected chi connectivity index (χ2v) is 6.17. The average Bonchev–Trinajstić information content (AvgIpc) is 3.00. The van der Waals surface area contributed by atoms with E-state index in [-0.39, 0.29) is 6.54 Å². The van der Waals surface area contributed by atoms with Crippen molar-refractivity contribution >= 4 is 17.9 Å². The van der Waals surface area contributed by atoms with E-state index in [1.807, 2.05) is 32.0 Å². The van der Waals surface area contributed by atoms with Gasteiger partial charge in [0.15, 0.2) is 6.61 Å². The Labute approximate surface area is 145 Å². The number of hydrogen-bond acceptors (Lipinski definition) is 6. The van der Waals surface area contributed by atoms with Crippen molar-refractivity contribution in [3.8, 4) is 5.69 Å². The summed E-state index contributed by atoms with van der Waals surface area (Å²) >= 11 is 1.26. The largest absolute Gasteiger partial charge is 0.440 e. The first kappa shape index (κ1) is 19.0. The summed E-state index contributed by atoms with van der Waals surface area (Å²) in [7, 11) is 0. The molecule has 1 N–H and O–H groups in total. The second-order valence-electron chi connectivity index (χ2n) is 5.11. The molecular weight excluding hydrogens is 359 g/mol. The van der Waals surface area contributed by atoms with Crippen LogP contribution < -0.4 is 5.32 Å². The first-order valence-electron chi connectivity index (χ1n) is 7.22. The molecule has 0 aliphatic heterocycles. The summed E-state index contributed by atoms with van der Waals surface area (Å²) in [6.45, 7) is 2.47. The van der Waals surface area contributed by atoms with Crippen LogP contribution in [-0.2, 0) is 4.74 Å². The van der Waals surface area contributed by atoms with E-state index in [0.717, 1.165) is 16.8 Å². The first-order chi connectivity index (χ1) is 11.8. The van der Waals surface area contributed by atoms with Crippen LogP contribution in [0.15, 0.2) is 23.4 Å². The predicted octanol–water partition coefficient (Wildman–Crippen LogP) is 2.66. The number of aromatic nitrogens is 4. The van der Waals surface area contributed by atoms with Gasteiger partial charge >= 0.3 is 12.3 Å². The van der Waals surface area contributed by atoms with E-state index in [1.54, 1.807) is 4.68 Å². The number of rotatable bonds is 6. The minimum absolute atomic E-state index is 0.112. The molecule has 2 aromatic rings. The van der Waals surface area contributed by atoms with Gasteiger partial charge in [-0.05, 0) is 47.5 Å². The zero-order chi connectivity index (χ0) is 18.4. The summed E-state index contributed by atoms with van der Waals surface area (Å²) in [5.41, 5.74) is 3.04. The van der Waals surface area contributed by atoms with E-state index < -0.39 is 18.9 Å². The Hall–Kier alpha value is -2.30. The normalized spacial score (nSPS) is 11.4. The Bertz CT molecular complexity index is 735. The summed E-state index contributed by atoms with van der Waals surface area (Å²) in [5.74, 6) is 0.367. The van der Waals surface area contributed by atoms with Crippen molar-refractivity contribution in [1.29, 1.82) is 0 Å². The smallest absolute Gasteiger partial charge is 0.422 e. The number of alkyl carbamates (subject to hydrolysis) is 1. The summed E-state index contributed by atoms with van der Waals surface area (Å²) in [5, 5.41) is 14.2. The number of alkyl halides is 3. The van der Waals surface area contributed by atoms with Gasteiger partial charge in [0.1, 0.15) is 0 Å². The third-order valence-electron chi connectivity index (χ3n) is 3.15. The maximum atomic E-state index is 11.9. The van der Waals surface area contributed by atoms with Crippen LogP contribution in [0, 0.1) is 13.8 Å². The molecule has 1 heterocycles. The highest BCUT2D eigenvalue weighted by atomic mass is 32.2. The summed E-state index contributed by atoms with van der Waals surface area (Å²) in [6, 6.07) is 5.79. The monoisotopic (exact) mass is 375 g/mol. The van der Waals surface area contributed by atoms with Gasteiger partial charge < -0.3 is 10.1 Å². The number of thioether (sulfide) groups is 1. The lowest BCUT2D eigenvalue weighted by Crippen LogP contribution is -2.30. The second kappa shape index (κ2) is 8.19. The zero-order valence-corrected chi connectivity index (χ0v) is 14.3. The van der Waals surface area contributed by atoms with Gasteiger partial charge in [-0.3, -0.25) is 0 Å². The molecule has 0 spiro atoms. The van der Waals surface area contributed by atoms with E-state index in [2.05, 4.69) is 25.6 Å². The van der Waals surface area contributed by atoms with Crippen LogP contribution >= 0.6 is 11.8 Å². The molecule has 0 aliphatic rings. The molecule has 0 unspecified atom stereocenters. The number of hydrogen-bond donors (Lipinski definition) is 1. The van der Waals surface area contributed by atoms with Crippen LogP contribution in [0.25, 0.3) is 5.69 Å². The van der Waals surface area contributed by atoms with Gasteiger partial charge in [-0.15, -0.1) is 5.10 Å². The molecule has 25 heavy (non-hydrogen) atoms. The lowest BCUT2D eigenvalue weighted by Gasteiger charge is -2.09. The molecule has 0 atom stereocenters. The number of halogens is 3. The van der Waals surface area contributed by atoms with Gasteiger partial charge in [0.25, 0.3) is 0 Å². The summed E-state index contributed by atoms with van der Waals surface area (Å²) in [4.78, 5) is 11.1. The number of amides is 1. The molecule has 0 saturated heterocycles. The molecule has 1 amide bonds. The molecule has 2 rings (SSSR count). The number of carbonyl (C=O) groups excluding carboxylic acids is 1. The topological polar surface area (TPSA) is 81.9 Å².